The Morgan fingerprint density at radius 1 is 1.14 bits per heavy atom. The molecule has 0 bridgehead atoms. The summed E-state index contributed by atoms with van der Waals surface area (Å²) in [5.74, 6) is -0.460. The van der Waals surface area contributed by atoms with Crippen molar-refractivity contribution in [3.8, 4) is 0 Å². The first-order valence-electron chi connectivity index (χ1n) is 11.8. The second kappa shape index (κ2) is 12.6. The van der Waals surface area contributed by atoms with Crippen LogP contribution in [0.2, 0.25) is 25.7 Å². The third kappa shape index (κ3) is 7.56. The van der Waals surface area contributed by atoms with Crippen molar-refractivity contribution in [2.75, 3.05) is 33.1 Å². The van der Waals surface area contributed by atoms with Crippen LogP contribution in [0.5, 0.6) is 0 Å². The highest BCUT2D eigenvalue weighted by molar-refractivity contribution is 6.76. The van der Waals surface area contributed by atoms with Gasteiger partial charge in [0.25, 0.3) is 5.56 Å². The van der Waals surface area contributed by atoms with Gasteiger partial charge in [0.1, 0.15) is 37.9 Å². The Bertz CT molecular complexity index is 1130. The maximum Gasteiger partial charge on any atom is 0.407 e. The molecule has 0 aromatic carbocycles. The van der Waals surface area contributed by atoms with E-state index in [-0.39, 0.29) is 37.6 Å². The molecule has 0 radical (unpaired) electrons. The van der Waals surface area contributed by atoms with Crippen LogP contribution in [0.3, 0.4) is 0 Å². The number of imidazole rings is 1. The molecule has 4 atom stereocenters. The average molecular weight is 543 g/mol. The summed E-state index contributed by atoms with van der Waals surface area (Å²) in [6.45, 7) is 6.15. The van der Waals surface area contributed by atoms with Gasteiger partial charge < -0.3 is 40.2 Å². The van der Waals surface area contributed by atoms with Crippen LogP contribution in [0.25, 0.3) is 11.2 Å². The number of carbonyl (C=O) groups is 2. The molecule has 2 aromatic rings. The topological polar surface area (TPSA) is 199 Å². The van der Waals surface area contributed by atoms with Gasteiger partial charge >= 0.3 is 6.09 Å². The highest BCUT2D eigenvalue weighted by Crippen LogP contribution is 2.30. The predicted molar refractivity (Wildman–Crippen MR) is 131 cm³/mol. The van der Waals surface area contributed by atoms with E-state index in [4.69, 9.17) is 14.2 Å². The number of rotatable bonds is 12. The lowest BCUT2D eigenvalue weighted by atomic mass is 10.1. The van der Waals surface area contributed by atoms with Crippen molar-refractivity contribution >= 4 is 31.2 Å². The van der Waals surface area contributed by atoms with Crippen LogP contribution in [-0.4, -0.2) is 106 Å². The van der Waals surface area contributed by atoms with E-state index < -0.39 is 56.8 Å². The number of aliphatic hydroxyl groups is 3. The van der Waals surface area contributed by atoms with Crippen molar-refractivity contribution in [1.82, 2.24) is 29.7 Å². The Morgan fingerprint density at radius 2 is 1.89 bits per heavy atom. The van der Waals surface area contributed by atoms with E-state index >= 15 is 0 Å². The average Bonchev–Trinajstić information content (AvgIpc) is 3.39. The smallest absolute Gasteiger partial charge is 0.407 e. The first-order chi connectivity index (χ1) is 17.5. The fraction of sp³-hybridized carbons (Fsp3) is 0.667. The van der Waals surface area contributed by atoms with Gasteiger partial charge in [-0.05, 0) is 6.04 Å². The number of aliphatic hydroxyl groups excluding tert-OH is 3. The molecule has 37 heavy (non-hydrogen) atoms. The lowest BCUT2D eigenvalue weighted by Gasteiger charge is -2.16. The van der Waals surface area contributed by atoms with E-state index in [9.17, 15) is 29.7 Å². The van der Waals surface area contributed by atoms with Gasteiger partial charge in [0.05, 0.1) is 32.7 Å². The van der Waals surface area contributed by atoms with Crippen molar-refractivity contribution in [3.05, 3.63) is 23.0 Å². The van der Waals surface area contributed by atoms with Crippen LogP contribution < -0.4 is 16.2 Å². The van der Waals surface area contributed by atoms with Crippen LogP contribution >= 0.6 is 0 Å². The zero-order valence-corrected chi connectivity index (χ0v) is 22.0. The quantitative estimate of drug-likeness (QED) is 0.117. The summed E-state index contributed by atoms with van der Waals surface area (Å²) in [6.07, 6.45) is -2.77. The highest BCUT2D eigenvalue weighted by Gasteiger charge is 2.44. The van der Waals surface area contributed by atoms with E-state index in [0.717, 1.165) is 6.04 Å². The fourth-order valence-electron chi connectivity index (χ4n) is 3.48. The first-order valence-corrected chi connectivity index (χ1v) is 15.5. The molecule has 1 fully saturated rings. The summed E-state index contributed by atoms with van der Waals surface area (Å²) in [6, 6.07) is 0.834. The molecule has 5 N–H and O–H groups in total. The third-order valence-electron chi connectivity index (χ3n) is 5.67. The molecule has 3 rings (SSSR count). The van der Waals surface area contributed by atoms with Crippen molar-refractivity contribution < 1.29 is 39.1 Å². The van der Waals surface area contributed by atoms with Crippen LogP contribution in [0.15, 0.2) is 17.4 Å². The van der Waals surface area contributed by atoms with Gasteiger partial charge in [0.2, 0.25) is 5.91 Å². The number of amides is 2. The van der Waals surface area contributed by atoms with E-state index in [1.54, 1.807) is 0 Å². The zero-order chi connectivity index (χ0) is 27.2. The molecular weight excluding hydrogens is 508 g/mol. The number of hydrogen-bond acceptors (Lipinski definition) is 11. The first kappa shape index (κ1) is 28.7. The molecular formula is C21H34N6O9Si. The molecule has 2 aromatic heterocycles. The summed E-state index contributed by atoms with van der Waals surface area (Å²) in [4.78, 5) is 44.5. The minimum Gasteiger partial charge on any atom is -0.450 e. The van der Waals surface area contributed by atoms with Gasteiger partial charge in [-0.3, -0.25) is 18.7 Å². The summed E-state index contributed by atoms with van der Waals surface area (Å²) in [5.41, 5.74) is -0.285. The molecule has 0 saturated carbocycles. The third-order valence-corrected chi connectivity index (χ3v) is 7.37. The Hall–Kier alpha value is -2.89. The van der Waals surface area contributed by atoms with E-state index in [2.05, 4.69) is 40.2 Å². The molecule has 15 nitrogen and oxygen atoms in total. The van der Waals surface area contributed by atoms with Crippen LogP contribution in [-0.2, 0) is 25.5 Å². The molecule has 206 valence electrons. The van der Waals surface area contributed by atoms with Gasteiger partial charge in [0, 0.05) is 8.07 Å². The van der Waals surface area contributed by atoms with Gasteiger partial charge in [-0.25, -0.2) is 14.8 Å². The standard InChI is InChI=1S/C21H34N6O9Si/c1-37(2,3)7-6-35-21(33)22-8-14(29)25-12-34-5-4-26-10-24-18-15(19(26)32)23-11-27(18)20-17(31)16(30)13(9-28)36-20/h10-11,13,16-17,20,28,30-31H,4-9,12H2,1-3H3,(H,22,33)(H,25,29)/t13-,16-,17-,20-/m1/s1. The van der Waals surface area contributed by atoms with Crippen molar-refractivity contribution in [1.29, 1.82) is 0 Å². The van der Waals surface area contributed by atoms with Crippen LogP contribution in [0, 0.1) is 0 Å². The number of hydrogen-bond donors (Lipinski definition) is 5. The van der Waals surface area contributed by atoms with Gasteiger partial charge in [0.15, 0.2) is 17.4 Å². The van der Waals surface area contributed by atoms with Crippen LogP contribution in [0.4, 0.5) is 4.79 Å². The number of aromatic nitrogens is 4. The monoisotopic (exact) mass is 542 g/mol. The normalized spacial score (nSPS) is 21.8. The predicted octanol–water partition coefficient (Wildman–Crippen LogP) is -1.64. The van der Waals surface area contributed by atoms with Crippen molar-refractivity contribution in [3.63, 3.8) is 0 Å². The molecule has 16 heteroatoms. The summed E-state index contributed by atoms with van der Waals surface area (Å²) in [7, 11) is -1.31. The Kier molecular flexibility index (Phi) is 9.74. The number of nitrogens with one attached hydrogen (secondary N) is 2. The number of alkyl carbamates (subject to hydrolysis) is 1. The fourth-order valence-corrected chi connectivity index (χ4v) is 4.20. The Balaban J connectivity index is 1.42. The molecule has 0 aliphatic carbocycles. The molecule has 1 aliphatic rings. The minimum absolute atomic E-state index is 0.0244. The van der Waals surface area contributed by atoms with Crippen molar-refractivity contribution in [2.24, 2.45) is 0 Å². The molecule has 1 aliphatic heterocycles. The molecule has 2 amide bonds. The molecule has 0 spiro atoms. The van der Waals surface area contributed by atoms with E-state index in [0.29, 0.717) is 6.61 Å². The second-order valence-corrected chi connectivity index (χ2v) is 15.4. The largest absolute Gasteiger partial charge is 0.450 e. The summed E-state index contributed by atoms with van der Waals surface area (Å²) < 4.78 is 18.4. The molecule has 0 unspecified atom stereocenters. The highest BCUT2D eigenvalue weighted by atomic mass is 28.3. The maximum atomic E-state index is 12.8. The Morgan fingerprint density at radius 3 is 2.57 bits per heavy atom. The van der Waals surface area contributed by atoms with E-state index in [1.807, 2.05) is 0 Å². The molecule has 1 saturated heterocycles. The number of nitrogens with zero attached hydrogens (tertiary/aromatic N) is 4. The van der Waals surface area contributed by atoms with E-state index in [1.165, 1.54) is 21.8 Å². The van der Waals surface area contributed by atoms with Gasteiger partial charge in [-0.2, -0.15) is 0 Å². The van der Waals surface area contributed by atoms with Crippen LogP contribution in [0.1, 0.15) is 6.23 Å². The minimum atomic E-state index is -1.33. The van der Waals surface area contributed by atoms with Gasteiger partial charge in [-0.1, -0.05) is 19.6 Å². The summed E-state index contributed by atoms with van der Waals surface area (Å²) in [5, 5.41) is 34.3. The lowest BCUT2D eigenvalue weighted by Crippen LogP contribution is -2.38. The Labute approximate surface area is 213 Å². The second-order valence-electron chi connectivity index (χ2n) is 9.75. The van der Waals surface area contributed by atoms with Crippen molar-refractivity contribution in [2.45, 2.75) is 56.8 Å². The zero-order valence-electron chi connectivity index (χ0n) is 21.0. The number of carbonyl (C=O) groups excluding carboxylic acids is 2. The number of ether oxygens (including phenoxy) is 3. The lowest BCUT2D eigenvalue weighted by molar-refractivity contribution is -0.121. The number of fused-ring (bicyclic) bond motifs is 1. The summed E-state index contributed by atoms with van der Waals surface area (Å²) >= 11 is 0. The maximum absolute atomic E-state index is 12.8. The molecule has 3 heterocycles. The van der Waals surface area contributed by atoms with Gasteiger partial charge in [-0.15, -0.1) is 0 Å². The SMILES string of the molecule is C[Si](C)(C)CCOC(=O)NCC(=O)NCOCCn1cnc2c(ncn2[C@@H]2O[C@H](CO)[C@@H](O)[C@H]2O)c1=O.